The molecule has 1 aromatic rings. The Bertz CT molecular complexity index is 876. The first kappa shape index (κ1) is 21.9. The van der Waals surface area contributed by atoms with Crippen LogP contribution in [0.1, 0.15) is 66.9 Å². The van der Waals surface area contributed by atoms with Crippen LogP contribution in [0.15, 0.2) is 18.2 Å². The minimum atomic E-state index is -2.38. The maximum absolute atomic E-state index is 13.0. The van der Waals surface area contributed by atoms with Crippen LogP contribution in [0.3, 0.4) is 0 Å². The summed E-state index contributed by atoms with van der Waals surface area (Å²) in [5, 5.41) is 5.44. The van der Waals surface area contributed by atoms with Crippen molar-refractivity contribution in [1.29, 1.82) is 0 Å². The highest BCUT2D eigenvalue weighted by Gasteiger charge is 2.39. The molecule has 3 aliphatic rings. The number of imide groups is 1. The molecule has 4 atom stereocenters. The molecule has 2 heterocycles. The molecule has 2 N–H and O–H groups in total. The highest BCUT2D eigenvalue weighted by atomic mass is 19.3. The van der Waals surface area contributed by atoms with Crippen LogP contribution in [-0.2, 0) is 22.6 Å². The van der Waals surface area contributed by atoms with Gasteiger partial charge in [0.05, 0.1) is 6.04 Å². The topological polar surface area (TPSA) is 78.5 Å². The lowest BCUT2D eigenvalue weighted by molar-refractivity contribution is -0.136. The Balaban J connectivity index is 1.45. The van der Waals surface area contributed by atoms with Crippen molar-refractivity contribution in [3.05, 3.63) is 34.9 Å². The second-order valence-electron chi connectivity index (χ2n) is 9.04. The predicted octanol–water partition coefficient (Wildman–Crippen LogP) is 2.79. The predicted molar refractivity (Wildman–Crippen MR) is 111 cm³/mol. The molecule has 8 heteroatoms. The SMILES string of the molecule is CC(N[C@H]1CCCC[C@@H]1Cc1ccc2c(c1)CN(C1CCC(=O)NC1=O)C2=O)C(F)F. The number of amides is 3. The second-order valence-corrected chi connectivity index (χ2v) is 9.04. The van der Waals surface area contributed by atoms with Gasteiger partial charge in [0, 0.05) is 24.6 Å². The Morgan fingerprint density at radius 1 is 1.16 bits per heavy atom. The van der Waals surface area contributed by atoms with E-state index in [1.54, 1.807) is 4.90 Å². The van der Waals surface area contributed by atoms with E-state index >= 15 is 0 Å². The minimum absolute atomic E-state index is 0.0626. The summed E-state index contributed by atoms with van der Waals surface area (Å²) in [7, 11) is 0. The van der Waals surface area contributed by atoms with Gasteiger partial charge in [-0.05, 0) is 55.7 Å². The third-order valence-electron chi connectivity index (χ3n) is 6.85. The van der Waals surface area contributed by atoms with Crippen LogP contribution >= 0.6 is 0 Å². The van der Waals surface area contributed by atoms with E-state index in [0.29, 0.717) is 18.5 Å². The molecule has 2 unspecified atom stereocenters. The summed E-state index contributed by atoms with van der Waals surface area (Å²) >= 11 is 0. The Morgan fingerprint density at radius 3 is 2.68 bits per heavy atom. The Kier molecular flexibility index (Phi) is 6.36. The summed E-state index contributed by atoms with van der Waals surface area (Å²) in [5.74, 6) is -0.623. The van der Waals surface area contributed by atoms with E-state index in [0.717, 1.165) is 43.2 Å². The van der Waals surface area contributed by atoms with Crippen LogP contribution in [0.5, 0.6) is 0 Å². The first-order chi connectivity index (χ1) is 14.8. The van der Waals surface area contributed by atoms with Crippen molar-refractivity contribution in [3.8, 4) is 0 Å². The van der Waals surface area contributed by atoms with Crippen LogP contribution in [0.25, 0.3) is 0 Å². The average molecular weight is 433 g/mol. The molecule has 0 radical (unpaired) electrons. The zero-order valence-corrected chi connectivity index (χ0v) is 17.7. The molecule has 31 heavy (non-hydrogen) atoms. The molecule has 1 aromatic carbocycles. The molecule has 1 saturated heterocycles. The number of fused-ring (bicyclic) bond motifs is 1. The maximum atomic E-state index is 13.0. The fraction of sp³-hybridized carbons (Fsp3) is 0.609. The van der Waals surface area contributed by atoms with Crippen molar-refractivity contribution in [3.63, 3.8) is 0 Å². The van der Waals surface area contributed by atoms with Gasteiger partial charge >= 0.3 is 0 Å². The van der Waals surface area contributed by atoms with Crippen molar-refractivity contribution < 1.29 is 23.2 Å². The van der Waals surface area contributed by atoms with Gasteiger partial charge in [0.15, 0.2) is 0 Å². The molecule has 1 saturated carbocycles. The Morgan fingerprint density at radius 2 is 1.94 bits per heavy atom. The Labute approximate surface area is 180 Å². The largest absolute Gasteiger partial charge is 0.322 e. The Hall–Kier alpha value is -2.35. The number of carbonyl (C=O) groups excluding carboxylic acids is 3. The second kappa shape index (κ2) is 9.02. The summed E-state index contributed by atoms with van der Waals surface area (Å²) < 4.78 is 26.0. The normalized spacial score (nSPS) is 27.4. The summed E-state index contributed by atoms with van der Waals surface area (Å²) in [6.07, 6.45) is 2.99. The van der Waals surface area contributed by atoms with E-state index in [1.807, 2.05) is 18.2 Å². The smallest absolute Gasteiger partial charge is 0.255 e. The average Bonchev–Trinajstić information content (AvgIpc) is 3.05. The minimum Gasteiger partial charge on any atom is -0.322 e. The van der Waals surface area contributed by atoms with Gasteiger partial charge in [0.25, 0.3) is 12.3 Å². The van der Waals surface area contributed by atoms with Crippen molar-refractivity contribution in [2.24, 2.45) is 5.92 Å². The van der Waals surface area contributed by atoms with E-state index in [-0.39, 0.29) is 30.2 Å². The molecular weight excluding hydrogens is 404 g/mol. The van der Waals surface area contributed by atoms with Gasteiger partial charge in [-0.3, -0.25) is 19.7 Å². The van der Waals surface area contributed by atoms with Crippen LogP contribution in [-0.4, -0.2) is 47.2 Å². The lowest BCUT2D eigenvalue weighted by atomic mass is 9.80. The number of hydrogen-bond acceptors (Lipinski definition) is 4. The third-order valence-corrected chi connectivity index (χ3v) is 6.85. The van der Waals surface area contributed by atoms with Gasteiger partial charge < -0.3 is 10.2 Å². The number of nitrogens with zero attached hydrogens (tertiary/aromatic N) is 1. The molecule has 6 nitrogen and oxygen atoms in total. The van der Waals surface area contributed by atoms with E-state index in [2.05, 4.69) is 10.6 Å². The molecule has 0 spiro atoms. The van der Waals surface area contributed by atoms with E-state index in [1.165, 1.54) is 6.92 Å². The fourth-order valence-electron chi connectivity index (χ4n) is 5.14. The number of rotatable bonds is 6. The molecule has 3 amide bonds. The highest BCUT2D eigenvalue weighted by Crippen LogP contribution is 2.32. The van der Waals surface area contributed by atoms with E-state index in [9.17, 15) is 23.2 Å². The van der Waals surface area contributed by atoms with Gasteiger partial charge in [-0.2, -0.15) is 0 Å². The molecule has 1 aliphatic carbocycles. The summed E-state index contributed by atoms with van der Waals surface area (Å²) in [4.78, 5) is 38.0. The zero-order valence-electron chi connectivity index (χ0n) is 17.7. The molecule has 2 aliphatic heterocycles. The summed E-state index contributed by atoms with van der Waals surface area (Å²) in [5.41, 5.74) is 2.56. The number of nitrogens with one attached hydrogen (secondary N) is 2. The standard InChI is InChI=1S/C23H29F2N3O3/c1-13(21(24)25)26-18-5-3-2-4-15(18)10-14-6-7-17-16(11-14)12-28(23(17)31)19-8-9-20(29)27-22(19)30/h6-7,11,13,15,18-19,21,26H,2-5,8-10,12H2,1H3,(H,27,29,30)/t13?,15-,18+,19?/m1/s1. The van der Waals surface area contributed by atoms with Gasteiger partial charge in [-0.15, -0.1) is 0 Å². The van der Waals surface area contributed by atoms with Crippen molar-refractivity contribution in [2.75, 3.05) is 0 Å². The van der Waals surface area contributed by atoms with Gasteiger partial charge in [0.1, 0.15) is 6.04 Å². The number of alkyl halides is 2. The number of piperidine rings is 1. The summed E-state index contributed by atoms with van der Waals surface area (Å²) in [6.45, 7) is 1.88. The van der Waals surface area contributed by atoms with Gasteiger partial charge in [0.2, 0.25) is 11.8 Å². The van der Waals surface area contributed by atoms with Crippen LogP contribution in [0.4, 0.5) is 8.78 Å². The van der Waals surface area contributed by atoms with Gasteiger partial charge in [-0.25, -0.2) is 8.78 Å². The molecule has 4 rings (SSSR count). The van der Waals surface area contributed by atoms with E-state index < -0.39 is 24.4 Å². The van der Waals surface area contributed by atoms with E-state index in [4.69, 9.17) is 0 Å². The molecule has 0 aromatic heterocycles. The first-order valence-electron chi connectivity index (χ1n) is 11.1. The first-order valence-corrected chi connectivity index (χ1v) is 11.1. The van der Waals surface area contributed by atoms with Crippen molar-refractivity contribution >= 4 is 17.7 Å². The number of hydrogen-bond donors (Lipinski definition) is 2. The van der Waals surface area contributed by atoms with Crippen molar-refractivity contribution in [1.82, 2.24) is 15.5 Å². The molecule has 0 bridgehead atoms. The highest BCUT2D eigenvalue weighted by molar-refractivity contribution is 6.05. The van der Waals surface area contributed by atoms with Crippen molar-refractivity contribution in [2.45, 2.75) is 83.0 Å². The van der Waals surface area contributed by atoms with Gasteiger partial charge in [-0.1, -0.05) is 25.0 Å². The number of halogens is 2. The molecule has 2 fully saturated rings. The van der Waals surface area contributed by atoms with Crippen LogP contribution in [0.2, 0.25) is 0 Å². The third kappa shape index (κ3) is 4.63. The quantitative estimate of drug-likeness (QED) is 0.677. The van der Waals surface area contributed by atoms with Crippen LogP contribution in [0, 0.1) is 5.92 Å². The molecule has 168 valence electrons. The number of carbonyl (C=O) groups is 3. The number of benzene rings is 1. The fourth-order valence-corrected chi connectivity index (χ4v) is 5.14. The lowest BCUT2D eigenvalue weighted by Crippen LogP contribution is -2.52. The monoisotopic (exact) mass is 433 g/mol. The maximum Gasteiger partial charge on any atom is 0.255 e. The van der Waals surface area contributed by atoms with Crippen LogP contribution < -0.4 is 10.6 Å². The lowest BCUT2D eigenvalue weighted by Gasteiger charge is -2.34. The zero-order chi connectivity index (χ0) is 22.1. The summed E-state index contributed by atoms with van der Waals surface area (Å²) in [6, 6.07) is 4.38. The molecular formula is C23H29F2N3O3.